The van der Waals surface area contributed by atoms with Crippen LogP contribution in [0.4, 0.5) is 0 Å². The lowest BCUT2D eigenvalue weighted by Crippen LogP contribution is -1.99. The van der Waals surface area contributed by atoms with Gasteiger partial charge in [-0.2, -0.15) is 11.8 Å². The SMILES string of the molecule is CCSCCC(O)c1ccc(C)c(Cl)c1. The average molecular weight is 245 g/mol. The van der Waals surface area contributed by atoms with Gasteiger partial charge in [0.05, 0.1) is 6.10 Å². The summed E-state index contributed by atoms with van der Waals surface area (Å²) in [5.41, 5.74) is 1.97. The predicted molar refractivity (Wildman–Crippen MR) is 68.8 cm³/mol. The highest BCUT2D eigenvalue weighted by molar-refractivity contribution is 7.99. The summed E-state index contributed by atoms with van der Waals surface area (Å²) in [6.45, 7) is 4.09. The van der Waals surface area contributed by atoms with Crippen molar-refractivity contribution in [2.75, 3.05) is 11.5 Å². The first kappa shape index (κ1) is 12.9. The van der Waals surface area contributed by atoms with Crippen molar-refractivity contribution in [2.24, 2.45) is 0 Å². The van der Waals surface area contributed by atoms with Gasteiger partial charge in [0.25, 0.3) is 0 Å². The lowest BCUT2D eigenvalue weighted by molar-refractivity contribution is 0.175. The molecule has 0 aliphatic carbocycles. The summed E-state index contributed by atoms with van der Waals surface area (Å²) in [5.74, 6) is 2.09. The number of aliphatic hydroxyl groups excluding tert-OH is 1. The molecule has 84 valence electrons. The molecule has 0 heterocycles. The van der Waals surface area contributed by atoms with Gasteiger partial charge in [0.15, 0.2) is 0 Å². The molecule has 0 amide bonds. The van der Waals surface area contributed by atoms with Crippen LogP contribution >= 0.6 is 23.4 Å². The fraction of sp³-hybridized carbons (Fsp3) is 0.500. The lowest BCUT2D eigenvalue weighted by Gasteiger charge is -2.11. The van der Waals surface area contributed by atoms with Crippen LogP contribution in [0.3, 0.4) is 0 Å². The second kappa shape index (κ2) is 6.41. The van der Waals surface area contributed by atoms with E-state index in [2.05, 4.69) is 6.92 Å². The van der Waals surface area contributed by atoms with E-state index in [9.17, 15) is 5.11 Å². The number of aliphatic hydroxyl groups is 1. The Morgan fingerprint density at radius 3 is 2.80 bits per heavy atom. The van der Waals surface area contributed by atoms with E-state index in [0.717, 1.165) is 34.1 Å². The van der Waals surface area contributed by atoms with E-state index >= 15 is 0 Å². The van der Waals surface area contributed by atoms with Crippen LogP contribution in [0.2, 0.25) is 5.02 Å². The molecular weight excluding hydrogens is 228 g/mol. The summed E-state index contributed by atoms with van der Waals surface area (Å²) in [6.07, 6.45) is 0.403. The number of benzene rings is 1. The Bertz CT molecular complexity index is 314. The highest BCUT2D eigenvalue weighted by atomic mass is 35.5. The van der Waals surface area contributed by atoms with E-state index < -0.39 is 0 Å². The third kappa shape index (κ3) is 4.06. The summed E-state index contributed by atoms with van der Waals surface area (Å²) in [6, 6.07) is 5.76. The molecule has 0 bridgehead atoms. The zero-order chi connectivity index (χ0) is 11.3. The van der Waals surface area contributed by atoms with Crippen LogP contribution < -0.4 is 0 Å². The normalized spacial score (nSPS) is 12.8. The van der Waals surface area contributed by atoms with E-state index in [1.54, 1.807) is 0 Å². The first-order chi connectivity index (χ1) is 7.15. The molecule has 3 heteroatoms. The molecular formula is C12H17ClOS. The smallest absolute Gasteiger partial charge is 0.0798 e. The molecule has 15 heavy (non-hydrogen) atoms. The Morgan fingerprint density at radius 1 is 1.47 bits per heavy atom. The van der Waals surface area contributed by atoms with Crippen molar-refractivity contribution >= 4 is 23.4 Å². The molecule has 0 fully saturated rings. The van der Waals surface area contributed by atoms with Crippen molar-refractivity contribution in [1.29, 1.82) is 0 Å². The molecule has 1 unspecified atom stereocenters. The van der Waals surface area contributed by atoms with Gasteiger partial charge in [0.1, 0.15) is 0 Å². The van der Waals surface area contributed by atoms with E-state index in [4.69, 9.17) is 11.6 Å². The van der Waals surface area contributed by atoms with Crippen molar-refractivity contribution in [3.05, 3.63) is 34.3 Å². The fourth-order valence-electron chi connectivity index (χ4n) is 1.32. The standard InChI is InChI=1S/C12H17ClOS/c1-3-15-7-6-12(14)10-5-4-9(2)11(13)8-10/h4-5,8,12,14H,3,6-7H2,1-2H3. The van der Waals surface area contributed by atoms with Gasteiger partial charge in [-0.1, -0.05) is 30.7 Å². The van der Waals surface area contributed by atoms with Crippen LogP contribution in [-0.2, 0) is 0 Å². The van der Waals surface area contributed by atoms with E-state index in [-0.39, 0.29) is 6.10 Å². The van der Waals surface area contributed by atoms with E-state index in [1.165, 1.54) is 0 Å². The highest BCUT2D eigenvalue weighted by Gasteiger charge is 2.08. The second-order valence-corrected chi connectivity index (χ2v) is 5.31. The van der Waals surface area contributed by atoms with Crippen LogP contribution in [0, 0.1) is 6.92 Å². The third-order valence-electron chi connectivity index (χ3n) is 2.32. The van der Waals surface area contributed by atoms with Crippen molar-refractivity contribution in [3.8, 4) is 0 Å². The van der Waals surface area contributed by atoms with Crippen LogP contribution in [0.25, 0.3) is 0 Å². The Balaban J connectivity index is 2.57. The van der Waals surface area contributed by atoms with Gasteiger partial charge in [-0.3, -0.25) is 0 Å². The first-order valence-electron chi connectivity index (χ1n) is 5.17. The minimum atomic E-state index is -0.387. The third-order valence-corrected chi connectivity index (χ3v) is 3.66. The number of halogens is 1. The molecule has 0 spiro atoms. The summed E-state index contributed by atoms with van der Waals surface area (Å²) in [5, 5.41) is 10.6. The van der Waals surface area contributed by atoms with Crippen molar-refractivity contribution < 1.29 is 5.11 Å². The maximum absolute atomic E-state index is 9.89. The Labute approximate surface area is 101 Å². The predicted octanol–water partition coefficient (Wildman–Crippen LogP) is 3.83. The summed E-state index contributed by atoms with van der Waals surface area (Å²) < 4.78 is 0. The monoisotopic (exact) mass is 244 g/mol. The minimum Gasteiger partial charge on any atom is -0.388 e. The first-order valence-corrected chi connectivity index (χ1v) is 6.70. The molecule has 1 rings (SSSR count). The van der Waals surface area contributed by atoms with Gasteiger partial charge in [-0.15, -0.1) is 0 Å². The Kier molecular flexibility index (Phi) is 5.51. The minimum absolute atomic E-state index is 0.387. The lowest BCUT2D eigenvalue weighted by atomic mass is 10.1. The molecule has 1 nitrogen and oxygen atoms in total. The van der Waals surface area contributed by atoms with Gasteiger partial charge in [0.2, 0.25) is 0 Å². The maximum atomic E-state index is 9.89. The quantitative estimate of drug-likeness (QED) is 0.795. The summed E-state index contributed by atoms with van der Waals surface area (Å²) in [4.78, 5) is 0. The van der Waals surface area contributed by atoms with Crippen LogP contribution in [0.1, 0.15) is 30.6 Å². The topological polar surface area (TPSA) is 20.2 Å². The summed E-state index contributed by atoms with van der Waals surface area (Å²) >= 11 is 7.85. The molecule has 0 aromatic heterocycles. The van der Waals surface area contributed by atoms with E-state index in [1.807, 2.05) is 36.9 Å². The number of thioether (sulfide) groups is 1. The van der Waals surface area contributed by atoms with Crippen LogP contribution in [0.5, 0.6) is 0 Å². The van der Waals surface area contributed by atoms with Gasteiger partial charge >= 0.3 is 0 Å². The van der Waals surface area contributed by atoms with Crippen LogP contribution in [0.15, 0.2) is 18.2 Å². The molecule has 0 saturated carbocycles. The molecule has 1 aromatic carbocycles. The fourth-order valence-corrected chi connectivity index (χ4v) is 2.19. The number of hydrogen-bond acceptors (Lipinski definition) is 2. The van der Waals surface area contributed by atoms with Crippen molar-refractivity contribution in [1.82, 2.24) is 0 Å². The zero-order valence-electron chi connectivity index (χ0n) is 9.16. The van der Waals surface area contributed by atoms with Gasteiger partial charge < -0.3 is 5.11 Å². The number of rotatable bonds is 5. The van der Waals surface area contributed by atoms with E-state index in [0.29, 0.717) is 0 Å². The summed E-state index contributed by atoms with van der Waals surface area (Å²) in [7, 11) is 0. The largest absolute Gasteiger partial charge is 0.388 e. The number of hydrogen-bond donors (Lipinski definition) is 1. The van der Waals surface area contributed by atoms with Gasteiger partial charge in [-0.05, 0) is 42.0 Å². The molecule has 1 atom stereocenters. The number of aryl methyl sites for hydroxylation is 1. The average Bonchev–Trinajstić information content (AvgIpc) is 2.22. The second-order valence-electron chi connectivity index (χ2n) is 3.51. The Morgan fingerprint density at radius 2 is 2.20 bits per heavy atom. The highest BCUT2D eigenvalue weighted by Crippen LogP contribution is 2.24. The molecule has 0 radical (unpaired) electrons. The van der Waals surface area contributed by atoms with Crippen molar-refractivity contribution in [2.45, 2.75) is 26.4 Å². The molecule has 1 aromatic rings. The zero-order valence-corrected chi connectivity index (χ0v) is 10.7. The van der Waals surface area contributed by atoms with Gasteiger partial charge in [-0.25, -0.2) is 0 Å². The molecule has 1 N–H and O–H groups in total. The van der Waals surface area contributed by atoms with Crippen LogP contribution in [-0.4, -0.2) is 16.6 Å². The maximum Gasteiger partial charge on any atom is 0.0798 e. The van der Waals surface area contributed by atoms with Crippen molar-refractivity contribution in [3.63, 3.8) is 0 Å². The molecule has 0 saturated heterocycles. The van der Waals surface area contributed by atoms with Gasteiger partial charge in [0, 0.05) is 5.02 Å². The molecule has 0 aliphatic heterocycles. The Hall–Kier alpha value is -0.180. The molecule has 0 aliphatic rings.